The van der Waals surface area contributed by atoms with E-state index in [-0.39, 0.29) is 17.5 Å². The fourth-order valence-electron chi connectivity index (χ4n) is 2.64. The molecule has 0 unspecified atom stereocenters. The lowest BCUT2D eigenvalue weighted by atomic mass is 10.1. The van der Waals surface area contributed by atoms with Gasteiger partial charge in [0.25, 0.3) is 5.91 Å². The van der Waals surface area contributed by atoms with E-state index >= 15 is 0 Å². The van der Waals surface area contributed by atoms with Crippen LogP contribution in [0.25, 0.3) is 6.08 Å². The first-order chi connectivity index (χ1) is 14.1. The quantitative estimate of drug-likeness (QED) is 0.550. The highest BCUT2D eigenvalue weighted by Gasteiger charge is 2.24. The summed E-state index contributed by atoms with van der Waals surface area (Å²) >= 11 is 0. The van der Waals surface area contributed by atoms with Crippen LogP contribution in [0.2, 0.25) is 0 Å². The lowest BCUT2D eigenvalue weighted by molar-refractivity contribution is -0.117. The first-order valence-electron chi connectivity index (χ1n) is 9.44. The molecule has 1 fully saturated rings. The fourth-order valence-corrected chi connectivity index (χ4v) is 2.64. The van der Waals surface area contributed by atoms with Gasteiger partial charge in [0, 0.05) is 6.04 Å². The second-order valence-corrected chi connectivity index (χ2v) is 6.65. The maximum atomic E-state index is 12.1. The molecule has 1 aliphatic rings. The second-order valence-electron chi connectivity index (χ2n) is 6.65. The summed E-state index contributed by atoms with van der Waals surface area (Å²) in [6, 6.07) is 16.7. The van der Waals surface area contributed by atoms with Gasteiger partial charge in [0.1, 0.15) is 18.2 Å². The number of rotatable bonds is 8. The van der Waals surface area contributed by atoms with Crippen molar-refractivity contribution in [1.29, 1.82) is 10.5 Å². The van der Waals surface area contributed by atoms with Gasteiger partial charge < -0.3 is 14.8 Å². The number of carbonyl (C=O) groups is 1. The molecule has 146 valence electrons. The highest BCUT2D eigenvalue weighted by atomic mass is 16.5. The van der Waals surface area contributed by atoms with Crippen molar-refractivity contribution >= 4 is 12.0 Å². The molecule has 3 rings (SSSR count). The molecule has 2 aromatic carbocycles. The van der Waals surface area contributed by atoms with Gasteiger partial charge in [-0.1, -0.05) is 18.2 Å². The predicted octanol–water partition coefficient (Wildman–Crippen LogP) is 3.72. The second kappa shape index (κ2) is 9.43. The third-order valence-corrected chi connectivity index (χ3v) is 4.33. The number of nitrogens with one attached hydrogen (secondary N) is 1. The summed E-state index contributed by atoms with van der Waals surface area (Å²) in [5, 5.41) is 21.0. The number of ether oxygens (including phenoxy) is 2. The Kier molecular flexibility index (Phi) is 6.50. The van der Waals surface area contributed by atoms with Gasteiger partial charge in [-0.25, -0.2) is 0 Å². The third kappa shape index (κ3) is 5.60. The minimum atomic E-state index is -0.353. The van der Waals surface area contributed by atoms with Gasteiger partial charge in [-0.15, -0.1) is 0 Å². The van der Waals surface area contributed by atoms with E-state index in [2.05, 4.69) is 11.4 Å². The van der Waals surface area contributed by atoms with Crippen LogP contribution in [0.15, 0.2) is 48.0 Å². The van der Waals surface area contributed by atoms with Crippen molar-refractivity contribution in [2.45, 2.75) is 32.4 Å². The lowest BCUT2D eigenvalue weighted by Crippen LogP contribution is -2.26. The van der Waals surface area contributed by atoms with E-state index in [1.807, 2.05) is 25.1 Å². The number of carbonyl (C=O) groups excluding carboxylic acids is 1. The Bertz CT molecular complexity index is 994. The van der Waals surface area contributed by atoms with E-state index in [0.29, 0.717) is 35.8 Å². The molecule has 1 N–H and O–H groups in total. The molecule has 6 nitrogen and oxygen atoms in total. The SMILES string of the molecule is CCOc1cc(/C=C(\C#N)C(=O)NC2CC2)ccc1OCc1ccc(C#N)cc1. The topological polar surface area (TPSA) is 95.1 Å². The zero-order valence-corrected chi connectivity index (χ0v) is 16.1. The molecule has 2 aromatic rings. The molecule has 1 aliphatic carbocycles. The van der Waals surface area contributed by atoms with E-state index in [1.54, 1.807) is 36.4 Å². The number of nitriles is 2. The number of benzene rings is 2. The Morgan fingerprint density at radius 2 is 1.90 bits per heavy atom. The maximum Gasteiger partial charge on any atom is 0.262 e. The molecule has 0 radical (unpaired) electrons. The molecule has 0 atom stereocenters. The van der Waals surface area contributed by atoms with Crippen molar-refractivity contribution in [2.75, 3.05) is 6.61 Å². The summed E-state index contributed by atoms with van der Waals surface area (Å²) in [4.78, 5) is 12.1. The Hall–Kier alpha value is -3.77. The van der Waals surface area contributed by atoms with Crippen LogP contribution in [-0.2, 0) is 11.4 Å². The molecule has 0 aliphatic heterocycles. The highest BCUT2D eigenvalue weighted by molar-refractivity contribution is 6.02. The molecule has 1 saturated carbocycles. The summed E-state index contributed by atoms with van der Waals surface area (Å²) in [7, 11) is 0. The first-order valence-corrected chi connectivity index (χ1v) is 9.44. The Balaban J connectivity index is 1.74. The minimum absolute atomic E-state index is 0.0607. The Morgan fingerprint density at radius 3 is 2.52 bits per heavy atom. The molecular formula is C23H21N3O3. The van der Waals surface area contributed by atoms with E-state index in [4.69, 9.17) is 14.7 Å². The zero-order chi connectivity index (χ0) is 20.6. The molecule has 0 bridgehead atoms. The van der Waals surface area contributed by atoms with Crippen molar-refractivity contribution in [2.24, 2.45) is 0 Å². The van der Waals surface area contributed by atoms with Crippen LogP contribution in [0.3, 0.4) is 0 Å². The summed E-state index contributed by atoms with van der Waals surface area (Å²) in [5.41, 5.74) is 2.27. The zero-order valence-electron chi connectivity index (χ0n) is 16.1. The van der Waals surface area contributed by atoms with E-state index in [9.17, 15) is 10.1 Å². The predicted molar refractivity (Wildman–Crippen MR) is 108 cm³/mol. The first kappa shape index (κ1) is 20.0. The van der Waals surface area contributed by atoms with Crippen LogP contribution in [0.1, 0.15) is 36.5 Å². The molecule has 0 spiro atoms. The summed E-state index contributed by atoms with van der Waals surface area (Å²) in [6.45, 7) is 2.65. The summed E-state index contributed by atoms with van der Waals surface area (Å²) in [6.07, 6.45) is 3.47. The monoisotopic (exact) mass is 387 g/mol. The van der Waals surface area contributed by atoms with Crippen molar-refractivity contribution in [3.63, 3.8) is 0 Å². The van der Waals surface area contributed by atoms with Crippen molar-refractivity contribution < 1.29 is 14.3 Å². The molecular weight excluding hydrogens is 366 g/mol. The fraction of sp³-hybridized carbons (Fsp3) is 0.261. The Morgan fingerprint density at radius 1 is 1.14 bits per heavy atom. The number of hydrogen-bond acceptors (Lipinski definition) is 5. The van der Waals surface area contributed by atoms with Gasteiger partial charge in [0.2, 0.25) is 0 Å². The summed E-state index contributed by atoms with van der Waals surface area (Å²) < 4.78 is 11.5. The Labute approximate surface area is 170 Å². The van der Waals surface area contributed by atoms with Gasteiger partial charge >= 0.3 is 0 Å². The maximum absolute atomic E-state index is 12.1. The average molecular weight is 387 g/mol. The molecule has 29 heavy (non-hydrogen) atoms. The number of nitrogens with zero attached hydrogens (tertiary/aromatic N) is 2. The largest absolute Gasteiger partial charge is 0.490 e. The van der Waals surface area contributed by atoms with Gasteiger partial charge in [-0.2, -0.15) is 10.5 Å². The van der Waals surface area contributed by atoms with E-state index in [0.717, 1.165) is 18.4 Å². The van der Waals surface area contributed by atoms with Gasteiger partial charge in [0.05, 0.1) is 18.2 Å². The van der Waals surface area contributed by atoms with E-state index in [1.165, 1.54) is 0 Å². The minimum Gasteiger partial charge on any atom is -0.490 e. The standard InChI is InChI=1S/C23H21N3O3/c1-2-28-22-12-18(11-19(14-25)23(27)26-20-8-9-20)7-10-21(22)29-15-17-5-3-16(13-24)4-6-17/h3-7,10-12,20H,2,8-9,15H2,1H3,(H,26,27)/b19-11+. The molecule has 1 amide bonds. The van der Waals surface area contributed by atoms with Crippen LogP contribution in [-0.4, -0.2) is 18.6 Å². The number of hydrogen-bond donors (Lipinski definition) is 1. The molecule has 0 heterocycles. The van der Waals surface area contributed by atoms with Crippen LogP contribution in [0, 0.1) is 22.7 Å². The third-order valence-electron chi connectivity index (χ3n) is 4.33. The van der Waals surface area contributed by atoms with Crippen molar-refractivity contribution in [3.05, 3.63) is 64.7 Å². The van der Waals surface area contributed by atoms with E-state index < -0.39 is 0 Å². The molecule has 6 heteroatoms. The van der Waals surface area contributed by atoms with Crippen LogP contribution < -0.4 is 14.8 Å². The molecule has 0 saturated heterocycles. The van der Waals surface area contributed by atoms with Crippen molar-refractivity contribution in [1.82, 2.24) is 5.32 Å². The van der Waals surface area contributed by atoms with Crippen LogP contribution >= 0.6 is 0 Å². The molecule has 0 aromatic heterocycles. The smallest absolute Gasteiger partial charge is 0.262 e. The van der Waals surface area contributed by atoms with Crippen molar-refractivity contribution in [3.8, 4) is 23.6 Å². The summed E-state index contributed by atoms with van der Waals surface area (Å²) in [5.74, 6) is 0.748. The van der Waals surface area contributed by atoms with Crippen LogP contribution in [0.4, 0.5) is 0 Å². The van der Waals surface area contributed by atoms with Crippen LogP contribution in [0.5, 0.6) is 11.5 Å². The lowest BCUT2D eigenvalue weighted by Gasteiger charge is -2.13. The van der Waals surface area contributed by atoms with Gasteiger partial charge in [0.15, 0.2) is 11.5 Å². The highest BCUT2D eigenvalue weighted by Crippen LogP contribution is 2.30. The normalized spacial score (nSPS) is 13.1. The van der Waals surface area contributed by atoms with Gasteiger partial charge in [-0.05, 0) is 61.2 Å². The average Bonchev–Trinajstić information content (AvgIpc) is 3.56. The number of amides is 1. The van der Waals surface area contributed by atoms with Gasteiger partial charge in [-0.3, -0.25) is 4.79 Å².